The van der Waals surface area contributed by atoms with Crippen LogP contribution in [0.4, 0.5) is 4.39 Å². The quantitative estimate of drug-likeness (QED) is 0.759. The summed E-state index contributed by atoms with van der Waals surface area (Å²) in [6, 6.07) is 5.44. The number of nitrogens with zero attached hydrogens (tertiary/aromatic N) is 1. The van der Waals surface area contributed by atoms with Crippen molar-refractivity contribution in [3.63, 3.8) is 0 Å². The maximum atomic E-state index is 13.1. The van der Waals surface area contributed by atoms with Crippen LogP contribution in [0.5, 0.6) is 0 Å². The monoisotopic (exact) mass is 212 g/mol. The molecule has 0 unspecified atom stereocenters. The Bertz CT molecular complexity index is 400. The third-order valence-electron chi connectivity index (χ3n) is 1.50. The zero-order valence-corrected chi connectivity index (χ0v) is 7.81. The van der Waals surface area contributed by atoms with Crippen molar-refractivity contribution in [2.45, 2.75) is 0 Å². The van der Waals surface area contributed by atoms with Gasteiger partial charge in [0.05, 0.1) is 11.6 Å². The number of hydrogen-bond donors (Lipinski definition) is 1. The minimum Gasteiger partial charge on any atom is -0.339 e. The number of carbonyl (C=O) groups is 1. The first-order valence-electron chi connectivity index (χ1n) is 3.75. The second-order valence-electron chi connectivity index (χ2n) is 2.46. The summed E-state index contributed by atoms with van der Waals surface area (Å²) in [6.07, 6.45) is 0. The van der Waals surface area contributed by atoms with Crippen molar-refractivity contribution in [1.82, 2.24) is 5.32 Å². The first-order valence-corrected chi connectivity index (χ1v) is 4.13. The topological polar surface area (TPSA) is 52.9 Å². The lowest BCUT2D eigenvalue weighted by molar-refractivity contribution is 0.0954. The van der Waals surface area contributed by atoms with Crippen LogP contribution < -0.4 is 5.32 Å². The van der Waals surface area contributed by atoms with Crippen molar-refractivity contribution >= 4 is 17.5 Å². The zero-order chi connectivity index (χ0) is 10.6. The molecule has 0 aromatic heterocycles. The molecule has 0 aliphatic heterocycles. The van der Waals surface area contributed by atoms with E-state index in [0.717, 1.165) is 6.07 Å². The number of carbonyl (C=O) groups excluding carboxylic acids is 1. The first kappa shape index (κ1) is 10.5. The van der Waals surface area contributed by atoms with E-state index in [1.165, 1.54) is 12.1 Å². The minimum atomic E-state index is -0.701. The molecular weight excluding hydrogens is 207 g/mol. The molecule has 3 nitrogen and oxygen atoms in total. The van der Waals surface area contributed by atoms with Crippen molar-refractivity contribution < 1.29 is 9.18 Å². The van der Waals surface area contributed by atoms with Crippen molar-refractivity contribution in [2.24, 2.45) is 0 Å². The SMILES string of the molecule is N#CCNC(=O)c1ccc(Cl)cc1F. The van der Waals surface area contributed by atoms with E-state index < -0.39 is 11.7 Å². The smallest absolute Gasteiger partial charge is 0.255 e. The van der Waals surface area contributed by atoms with Crippen LogP contribution >= 0.6 is 11.6 Å². The maximum Gasteiger partial charge on any atom is 0.255 e. The largest absolute Gasteiger partial charge is 0.339 e. The molecule has 14 heavy (non-hydrogen) atoms. The van der Waals surface area contributed by atoms with E-state index in [4.69, 9.17) is 16.9 Å². The summed E-state index contributed by atoms with van der Waals surface area (Å²) in [5.41, 5.74) is -0.121. The number of hydrogen-bond acceptors (Lipinski definition) is 2. The summed E-state index contributed by atoms with van der Waals surface area (Å²) in [6.45, 7) is -0.152. The zero-order valence-electron chi connectivity index (χ0n) is 7.05. The average Bonchev–Trinajstić information content (AvgIpc) is 2.14. The Hall–Kier alpha value is -1.60. The molecular formula is C9H6ClFN2O. The molecule has 0 saturated heterocycles. The Labute approximate surface area is 85.1 Å². The summed E-state index contributed by atoms with van der Waals surface area (Å²) in [7, 11) is 0. The van der Waals surface area contributed by atoms with Gasteiger partial charge in [0.15, 0.2) is 0 Å². The van der Waals surface area contributed by atoms with E-state index in [0.29, 0.717) is 0 Å². The van der Waals surface area contributed by atoms with E-state index in [1.807, 2.05) is 0 Å². The van der Waals surface area contributed by atoms with Crippen molar-refractivity contribution in [3.8, 4) is 6.07 Å². The van der Waals surface area contributed by atoms with Gasteiger partial charge in [0, 0.05) is 5.02 Å². The number of amides is 1. The minimum absolute atomic E-state index is 0.121. The number of halogens is 2. The highest BCUT2D eigenvalue weighted by molar-refractivity contribution is 6.30. The molecule has 0 saturated carbocycles. The van der Waals surface area contributed by atoms with Gasteiger partial charge in [0.2, 0.25) is 0 Å². The van der Waals surface area contributed by atoms with Crippen LogP contribution in [-0.4, -0.2) is 12.5 Å². The Kier molecular flexibility index (Phi) is 3.43. The van der Waals surface area contributed by atoms with Gasteiger partial charge < -0.3 is 5.32 Å². The molecule has 1 amide bonds. The second kappa shape index (κ2) is 4.58. The number of nitriles is 1. The molecule has 0 radical (unpaired) electrons. The Balaban J connectivity index is 2.86. The van der Waals surface area contributed by atoms with Gasteiger partial charge in [-0.25, -0.2) is 4.39 Å². The highest BCUT2D eigenvalue weighted by Crippen LogP contribution is 2.14. The van der Waals surface area contributed by atoms with Crippen molar-refractivity contribution in [1.29, 1.82) is 5.26 Å². The van der Waals surface area contributed by atoms with Crippen LogP contribution in [0, 0.1) is 17.1 Å². The van der Waals surface area contributed by atoms with Crippen molar-refractivity contribution in [3.05, 3.63) is 34.6 Å². The predicted octanol–water partition coefficient (Wildman–Crippen LogP) is 1.73. The van der Waals surface area contributed by atoms with Crippen LogP contribution in [0.2, 0.25) is 5.02 Å². The molecule has 0 spiro atoms. The molecule has 1 N–H and O–H groups in total. The van der Waals surface area contributed by atoms with E-state index in [1.54, 1.807) is 6.07 Å². The van der Waals surface area contributed by atoms with Gasteiger partial charge in [0.1, 0.15) is 12.4 Å². The van der Waals surface area contributed by atoms with Crippen LogP contribution in [0.15, 0.2) is 18.2 Å². The van der Waals surface area contributed by atoms with Gasteiger partial charge in [0.25, 0.3) is 5.91 Å². The fourth-order valence-electron chi connectivity index (χ4n) is 0.889. The summed E-state index contributed by atoms with van der Waals surface area (Å²) in [4.78, 5) is 11.2. The van der Waals surface area contributed by atoms with Gasteiger partial charge in [-0.2, -0.15) is 5.26 Å². The lowest BCUT2D eigenvalue weighted by atomic mass is 10.2. The molecule has 0 atom stereocenters. The normalized spacial score (nSPS) is 9.21. The molecule has 0 aliphatic rings. The van der Waals surface area contributed by atoms with E-state index in [-0.39, 0.29) is 17.1 Å². The van der Waals surface area contributed by atoms with Crippen molar-refractivity contribution in [2.75, 3.05) is 6.54 Å². The summed E-state index contributed by atoms with van der Waals surface area (Å²) < 4.78 is 13.1. The summed E-state index contributed by atoms with van der Waals surface area (Å²) >= 11 is 5.50. The second-order valence-corrected chi connectivity index (χ2v) is 2.90. The van der Waals surface area contributed by atoms with Gasteiger partial charge in [-0.05, 0) is 18.2 Å². The van der Waals surface area contributed by atoms with E-state index in [9.17, 15) is 9.18 Å². The summed E-state index contributed by atoms with van der Waals surface area (Å²) in [5, 5.41) is 10.6. The molecule has 1 aromatic rings. The molecule has 0 heterocycles. The van der Waals surface area contributed by atoms with E-state index >= 15 is 0 Å². The fraction of sp³-hybridized carbons (Fsp3) is 0.111. The lowest BCUT2D eigenvalue weighted by Gasteiger charge is -2.02. The van der Waals surface area contributed by atoms with Crippen LogP contribution in [0.3, 0.4) is 0 Å². The van der Waals surface area contributed by atoms with E-state index in [2.05, 4.69) is 5.32 Å². The Morgan fingerprint density at radius 1 is 1.64 bits per heavy atom. The molecule has 1 rings (SSSR count). The summed E-state index contributed by atoms with van der Waals surface area (Å²) in [5.74, 6) is -1.33. The Morgan fingerprint density at radius 2 is 2.36 bits per heavy atom. The van der Waals surface area contributed by atoms with Crippen LogP contribution in [0.1, 0.15) is 10.4 Å². The molecule has 1 aromatic carbocycles. The molecule has 72 valence electrons. The standard InChI is InChI=1S/C9H6ClFN2O/c10-6-1-2-7(8(11)5-6)9(14)13-4-3-12/h1-2,5H,4H2,(H,13,14). The molecule has 0 fully saturated rings. The first-order chi connectivity index (χ1) is 6.65. The van der Waals surface area contributed by atoms with Gasteiger partial charge in [-0.1, -0.05) is 11.6 Å². The highest BCUT2D eigenvalue weighted by Gasteiger charge is 2.10. The van der Waals surface area contributed by atoms with Gasteiger partial charge in [-0.3, -0.25) is 4.79 Å². The van der Waals surface area contributed by atoms with Crippen LogP contribution in [0.25, 0.3) is 0 Å². The predicted molar refractivity (Wildman–Crippen MR) is 49.4 cm³/mol. The molecule has 0 bridgehead atoms. The third-order valence-corrected chi connectivity index (χ3v) is 1.74. The number of benzene rings is 1. The molecule has 5 heteroatoms. The van der Waals surface area contributed by atoms with Gasteiger partial charge >= 0.3 is 0 Å². The molecule has 0 aliphatic carbocycles. The fourth-order valence-corrected chi connectivity index (χ4v) is 1.05. The van der Waals surface area contributed by atoms with Gasteiger partial charge in [-0.15, -0.1) is 0 Å². The lowest BCUT2D eigenvalue weighted by Crippen LogP contribution is -2.24. The number of nitrogens with one attached hydrogen (secondary N) is 1. The third kappa shape index (κ3) is 2.44. The highest BCUT2D eigenvalue weighted by atomic mass is 35.5. The average molecular weight is 213 g/mol. The maximum absolute atomic E-state index is 13.1. The number of rotatable bonds is 2. The van der Waals surface area contributed by atoms with Crippen LogP contribution in [-0.2, 0) is 0 Å². The Morgan fingerprint density at radius 3 is 2.93 bits per heavy atom.